The molecule has 528 valence electrons. The molecular formula is C58H94N20O17. The van der Waals surface area contributed by atoms with Gasteiger partial charge in [0.2, 0.25) is 76.8 Å². The van der Waals surface area contributed by atoms with Gasteiger partial charge >= 0.3 is 11.9 Å². The van der Waals surface area contributed by atoms with E-state index in [-0.39, 0.29) is 83.5 Å². The molecule has 0 spiro atoms. The minimum absolute atomic E-state index is 0.0217. The molecular weight excluding hydrogens is 1250 g/mol. The number of nitrogens with one attached hydrogen (secondary N) is 9. The summed E-state index contributed by atoms with van der Waals surface area (Å²) in [6.07, 6.45) is 2.80. The number of carbonyl (C=O) groups is 15. The number of guanidine groups is 1. The Morgan fingerprint density at radius 2 is 1.14 bits per heavy atom. The molecule has 37 heteroatoms. The first-order chi connectivity index (χ1) is 44.9. The van der Waals surface area contributed by atoms with Crippen LogP contribution in [-0.2, 0) is 78.3 Å². The van der Waals surface area contributed by atoms with Crippen molar-refractivity contribution in [2.75, 3.05) is 39.3 Å². The zero-order valence-corrected chi connectivity index (χ0v) is 53.9. The van der Waals surface area contributed by atoms with E-state index in [1.165, 1.54) is 17.4 Å². The van der Waals surface area contributed by atoms with Crippen molar-refractivity contribution in [1.82, 2.24) is 67.2 Å². The number of amides is 13. The maximum Gasteiger partial charge on any atom is 0.326 e. The van der Waals surface area contributed by atoms with E-state index in [1.807, 2.05) is 0 Å². The molecule has 1 aromatic heterocycles. The summed E-state index contributed by atoms with van der Waals surface area (Å²) in [6.45, 7) is 6.31. The first-order valence-electron chi connectivity index (χ1n) is 31.7. The highest BCUT2D eigenvalue weighted by Crippen LogP contribution is 2.24. The number of likely N-dealkylation sites (tertiary alicyclic amines) is 3. The number of primary amides is 2. The van der Waals surface area contributed by atoms with Crippen molar-refractivity contribution < 1.29 is 82.1 Å². The molecule has 1 aromatic rings. The normalized spacial score (nSPS) is 18.8. The van der Waals surface area contributed by atoms with Gasteiger partial charge in [0.05, 0.1) is 38.2 Å². The van der Waals surface area contributed by atoms with E-state index in [9.17, 15) is 82.1 Å². The minimum Gasteiger partial charge on any atom is -0.481 e. The van der Waals surface area contributed by atoms with Gasteiger partial charge in [-0.2, -0.15) is 0 Å². The highest BCUT2D eigenvalue weighted by Gasteiger charge is 2.44. The Hall–Kier alpha value is -9.55. The largest absolute Gasteiger partial charge is 0.481 e. The van der Waals surface area contributed by atoms with Crippen LogP contribution in [0.5, 0.6) is 0 Å². The molecule has 4 heterocycles. The van der Waals surface area contributed by atoms with Crippen LogP contribution in [0, 0.1) is 11.8 Å². The average molecular weight is 1340 g/mol. The van der Waals surface area contributed by atoms with Crippen LogP contribution in [0.1, 0.15) is 130 Å². The van der Waals surface area contributed by atoms with E-state index in [4.69, 9.17) is 34.4 Å². The van der Waals surface area contributed by atoms with E-state index < -0.39 is 193 Å². The van der Waals surface area contributed by atoms with E-state index in [0.717, 1.165) is 9.80 Å². The molecule has 13 amide bonds. The average Bonchev–Trinajstić information content (AvgIpc) is 1.76. The van der Waals surface area contributed by atoms with Gasteiger partial charge in [-0.05, 0) is 89.0 Å². The van der Waals surface area contributed by atoms with Crippen LogP contribution in [-0.4, -0.2) is 235 Å². The third kappa shape index (κ3) is 24.1. The molecule has 0 bridgehead atoms. The number of carboxylic acid groups (broad SMARTS) is 2. The fourth-order valence-corrected chi connectivity index (χ4v) is 11.2. The fraction of sp³-hybridized carbons (Fsp3) is 0.672. The number of aliphatic carboxylic acids is 2. The lowest BCUT2D eigenvalue weighted by Crippen LogP contribution is -2.60. The zero-order chi connectivity index (χ0) is 70.8. The summed E-state index contributed by atoms with van der Waals surface area (Å²) in [5.74, 6) is -15.9. The van der Waals surface area contributed by atoms with Crippen LogP contribution in [0.2, 0.25) is 0 Å². The predicted octanol–water partition coefficient (Wildman–Crippen LogP) is -7.04. The third-order valence-electron chi connectivity index (χ3n) is 16.5. The van der Waals surface area contributed by atoms with Gasteiger partial charge in [0, 0.05) is 44.5 Å². The molecule has 0 saturated carbocycles. The minimum atomic E-state index is -1.79. The number of nitrogens with two attached hydrogens (primary N) is 6. The molecule has 3 aliphatic rings. The van der Waals surface area contributed by atoms with E-state index in [0.29, 0.717) is 44.3 Å². The van der Waals surface area contributed by atoms with Crippen molar-refractivity contribution >= 4 is 94.7 Å². The first-order valence-corrected chi connectivity index (χ1v) is 31.7. The number of H-pyrrole nitrogens is 1. The van der Waals surface area contributed by atoms with E-state index >= 15 is 0 Å². The number of aromatic nitrogens is 2. The Balaban J connectivity index is 1.42. The Labute approximate surface area is 548 Å². The van der Waals surface area contributed by atoms with Gasteiger partial charge in [-0.3, -0.25) is 72.1 Å². The van der Waals surface area contributed by atoms with Crippen molar-refractivity contribution in [3.05, 3.63) is 18.2 Å². The van der Waals surface area contributed by atoms with Gasteiger partial charge in [-0.25, -0.2) is 9.78 Å². The quantitative estimate of drug-likeness (QED) is 0.0165. The summed E-state index contributed by atoms with van der Waals surface area (Å²) >= 11 is 0. The van der Waals surface area contributed by atoms with Crippen molar-refractivity contribution in [2.45, 2.75) is 197 Å². The first kappa shape index (κ1) is 77.9. The monoisotopic (exact) mass is 1340 g/mol. The summed E-state index contributed by atoms with van der Waals surface area (Å²) in [5, 5.41) is 39.6. The Morgan fingerprint density at radius 3 is 1.67 bits per heavy atom. The second-order valence-electron chi connectivity index (χ2n) is 24.1. The maximum atomic E-state index is 14.3. The van der Waals surface area contributed by atoms with E-state index in [2.05, 4.69) is 57.5 Å². The molecule has 3 fully saturated rings. The summed E-state index contributed by atoms with van der Waals surface area (Å²) < 4.78 is 0. The summed E-state index contributed by atoms with van der Waals surface area (Å²) in [4.78, 5) is 215. The lowest BCUT2D eigenvalue weighted by molar-refractivity contribution is -0.147. The van der Waals surface area contributed by atoms with Crippen LogP contribution in [0.4, 0.5) is 0 Å². The second kappa shape index (κ2) is 38.0. The van der Waals surface area contributed by atoms with Crippen molar-refractivity contribution in [3.8, 4) is 0 Å². The van der Waals surface area contributed by atoms with E-state index in [1.54, 1.807) is 27.7 Å². The number of hydrogen-bond acceptors (Lipinski definition) is 19. The zero-order valence-electron chi connectivity index (χ0n) is 53.9. The third-order valence-corrected chi connectivity index (χ3v) is 16.5. The predicted molar refractivity (Wildman–Crippen MR) is 336 cm³/mol. The lowest BCUT2D eigenvalue weighted by Gasteiger charge is -2.32. The Bertz CT molecular complexity index is 2950. The molecule has 0 aliphatic carbocycles. The van der Waals surface area contributed by atoms with Crippen LogP contribution in [0.15, 0.2) is 17.5 Å². The molecule has 4 rings (SSSR count). The molecule has 23 N–H and O–H groups in total. The van der Waals surface area contributed by atoms with Crippen molar-refractivity contribution in [3.63, 3.8) is 0 Å². The van der Waals surface area contributed by atoms with Gasteiger partial charge in [0.1, 0.15) is 60.4 Å². The number of nitrogens with zero attached hydrogens (tertiary/aromatic N) is 5. The van der Waals surface area contributed by atoms with Crippen molar-refractivity contribution in [1.29, 1.82) is 0 Å². The molecule has 95 heavy (non-hydrogen) atoms. The molecule has 3 saturated heterocycles. The fourth-order valence-electron chi connectivity index (χ4n) is 11.2. The standard InChI is InChI=1S/C58H94N20O17/c1-5-30(4)46(54(91)71-34(22-31-26-65-28-68-31)50(87)73-37(57(94)95)24-42(62)80)75-53(90)40-16-10-20-77(40)55(92)36(25-44(82)83)72-51(88)38-14-9-19-76(38)43(81)27-67-48(85)35(23-41(61)79)70-52(89)39-15-11-21-78(39)56(93)45(29(2)3)74-49(86)33(13-6-7-17-59)69-47(84)32(60)12-8-18-66-58(63)64/h26,28-30,32-40,45-46H,5-25,27,59-60H2,1-4H3,(H2,61,79)(H2,62,80)(H,65,68)(H,67,85)(H,69,84)(H,70,89)(H,71,91)(H,72,88)(H,73,87)(H,74,86)(H,75,90)(H,82,83)(H,94,95)(H4,63,64,66)/t30-,32-,33-,34-,35-,36-,37-,38-,39-,40-,45-,46-/m0/s1. The molecule has 0 radical (unpaired) electrons. The molecule has 37 nitrogen and oxygen atoms in total. The summed E-state index contributed by atoms with van der Waals surface area (Å²) in [5.41, 5.74) is 33.6. The number of imidazole rings is 1. The van der Waals surface area contributed by atoms with Gasteiger partial charge in [-0.1, -0.05) is 34.1 Å². The number of carbonyl (C=O) groups excluding carboxylic acids is 13. The molecule has 0 aromatic carbocycles. The van der Waals surface area contributed by atoms with Crippen LogP contribution < -0.4 is 76.9 Å². The van der Waals surface area contributed by atoms with Gasteiger partial charge in [0.15, 0.2) is 5.96 Å². The van der Waals surface area contributed by atoms with Gasteiger partial charge in [-0.15, -0.1) is 0 Å². The van der Waals surface area contributed by atoms with Gasteiger partial charge < -0.3 is 107 Å². The Morgan fingerprint density at radius 1 is 0.600 bits per heavy atom. The smallest absolute Gasteiger partial charge is 0.326 e. The topological polar surface area (TPSA) is 600 Å². The summed E-state index contributed by atoms with van der Waals surface area (Å²) in [6, 6.07) is -15.3. The number of hydrogen-bond donors (Lipinski definition) is 17. The molecule has 12 atom stereocenters. The van der Waals surface area contributed by atoms with Crippen LogP contribution >= 0.6 is 0 Å². The van der Waals surface area contributed by atoms with Crippen LogP contribution in [0.25, 0.3) is 0 Å². The number of unbranched alkanes of at least 4 members (excludes halogenated alkanes) is 1. The molecule has 3 aliphatic heterocycles. The highest BCUT2D eigenvalue weighted by molar-refractivity contribution is 6.01. The number of rotatable bonds is 39. The highest BCUT2D eigenvalue weighted by atomic mass is 16.4. The van der Waals surface area contributed by atoms with Crippen LogP contribution in [0.3, 0.4) is 0 Å². The maximum absolute atomic E-state index is 14.3. The van der Waals surface area contributed by atoms with Crippen molar-refractivity contribution in [2.24, 2.45) is 51.2 Å². The lowest BCUT2D eigenvalue weighted by atomic mass is 9.97. The number of aromatic amines is 1. The SMILES string of the molecule is CC[C@H](C)[C@H](NC(=O)[C@@H]1CCCN1C(=O)[C@H](CC(=O)O)NC(=O)[C@@H]1CCCN1C(=O)CNC(=O)[C@H](CC(N)=O)NC(=O)[C@@H]1CCCN1C(=O)[C@@H](NC(=O)[C@H](CCCCN)NC(=O)[C@@H](N)CCCN=C(N)N)C(C)C)C(=O)N[C@@H](Cc1cnc[nH]1)C(=O)N[C@@H](CC(N)=O)C(=O)O. The second-order valence-corrected chi connectivity index (χ2v) is 24.1. The van der Waals surface area contributed by atoms with Gasteiger partial charge in [0.25, 0.3) is 0 Å². The molecule has 0 unspecified atom stereocenters. The number of aliphatic imine (C=N–C) groups is 1. The number of carboxylic acids is 2. The summed E-state index contributed by atoms with van der Waals surface area (Å²) in [7, 11) is 0. The Kier molecular flexibility index (Phi) is 31.1.